The van der Waals surface area contributed by atoms with E-state index in [-0.39, 0.29) is 0 Å². The molecule has 0 unspecified atom stereocenters. The Hall–Kier alpha value is -1.20. The fourth-order valence-electron chi connectivity index (χ4n) is 2.97. The van der Waals surface area contributed by atoms with E-state index in [1.54, 1.807) is 11.3 Å². The molecular formula is C16H24N4S. The van der Waals surface area contributed by atoms with Gasteiger partial charge in [0, 0.05) is 18.5 Å². The predicted octanol–water partition coefficient (Wildman–Crippen LogP) is 3.58. The molecule has 1 N–H and O–H groups in total. The van der Waals surface area contributed by atoms with Crippen LogP contribution in [0.4, 0.5) is 5.82 Å². The zero-order chi connectivity index (χ0) is 15.0. The Morgan fingerprint density at radius 3 is 2.67 bits per heavy atom. The molecular weight excluding hydrogens is 280 g/mol. The third kappa shape index (κ3) is 2.90. The first-order chi connectivity index (χ1) is 10.1. The van der Waals surface area contributed by atoms with Crippen molar-refractivity contribution in [1.29, 1.82) is 0 Å². The highest BCUT2D eigenvalue weighted by molar-refractivity contribution is 7.18. The smallest absolute Gasteiger partial charge is 0.146 e. The molecule has 0 atom stereocenters. The van der Waals surface area contributed by atoms with Crippen LogP contribution in [0.2, 0.25) is 0 Å². The minimum atomic E-state index is 0.830. The van der Waals surface area contributed by atoms with Crippen LogP contribution < -0.4 is 5.32 Å². The molecule has 0 aromatic carbocycles. The van der Waals surface area contributed by atoms with Gasteiger partial charge in [0.2, 0.25) is 0 Å². The zero-order valence-electron chi connectivity index (χ0n) is 13.4. The molecule has 3 rings (SSSR count). The van der Waals surface area contributed by atoms with Gasteiger partial charge in [-0.3, -0.25) is 4.90 Å². The Bertz CT molecular complexity index is 645. The number of aromatic nitrogens is 2. The molecule has 2 heterocycles. The largest absolute Gasteiger partial charge is 0.372 e. The van der Waals surface area contributed by atoms with E-state index in [9.17, 15) is 0 Å². The van der Waals surface area contributed by atoms with Crippen molar-refractivity contribution in [3.8, 4) is 0 Å². The monoisotopic (exact) mass is 304 g/mol. The van der Waals surface area contributed by atoms with Crippen molar-refractivity contribution in [1.82, 2.24) is 14.9 Å². The maximum Gasteiger partial charge on any atom is 0.146 e. The van der Waals surface area contributed by atoms with Crippen molar-refractivity contribution >= 4 is 27.4 Å². The Balaban J connectivity index is 1.85. The van der Waals surface area contributed by atoms with Crippen LogP contribution in [0.25, 0.3) is 10.2 Å². The molecule has 0 amide bonds. The summed E-state index contributed by atoms with van der Waals surface area (Å²) in [4.78, 5) is 14.3. The second-order valence-corrected chi connectivity index (χ2v) is 7.40. The molecule has 4 nitrogen and oxygen atoms in total. The first-order valence-corrected chi connectivity index (χ1v) is 8.53. The Labute approximate surface area is 130 Å². The minimum Gasteiger partial charge on any atom is -0.372 e. The Morgan fingerprint density at radius 2 is 2.05 bits per heavy atom. The highest BCUT2D eigenvalue weighted by Crippen LogP contribution is 2.33. The van der Waals surface area contributed by atoms with E-state index in [0.717, 1.165) is 28.9 Å². The van der Waals surface area contributed by atoms with Gasteiger partial charge in [-0.15, -0.1) is 11.3 Å². The lowest BCUT2D eigenvalue weighted by molar-refractivity contribution is 0.197. The van der Waals surface area contributed by atoms with E-state index < -0.39 is 0 Å². The molecule has 0 saturated heterocycles. The Kier molecular flexibility index (Phi) is 4.13. The van der Waals surface area contributed by atoms with E-state index in [0.29, 0.717) is 0 Å². The van der Waals surface area contributed by atoms with Gasteiger partial charge in [-0.05, 0) is 45.2 Å². The van der Waals surface area contributed by atoms with Gasteiger partial charge in [0.15, 0.2) is 0 Å². The average molecular weight is 304 g/mol. The van der Waals surface area contributed by atoms with Crippen LogP contribution in [0.1, 0.15) is 35.5 Å². The van der Waals surface area contributed by atoms with Gasteiger partial charge < -0.3 is 5.32 Å². The molecule has 0 bridgehead atoms. The maximum atomic E-state index is 4.78. The highest BCUT2D eigenvalue weighted by Gasteiger charge is 2.20. The van der Waals surface area contributed by atoms with E-state index >= 15 is 0 Å². The van der Waals surface area contributed by atoms with Crippen molar-refractivity contribution in [3.05, 3.63) is 16.3 Å². The van der Waals surface area contributed by atoms with Crippen LogP contribution in [0, 0.1) is 19.8 Å². The van der Waals surface area contributed by atoms with E-state index in [1.807, 2.05) is 7.05 Å². The molecule has 0 spiro atoms. The number of fused-ring (bicyclic) bond motifs is 1. The predicted molar refractivity (Wildman–Crippen MR) is 90.1 cm³/mol. The summed E-state index contributed by atoms with van der Waals surface area (Å²) >= 11 is 1.77. The average Bonchev–Trinajstić information content (AvgIpc) is 2.69. The first kappa shape index (κ1) is 14.7. The van der Waals surface area contributed by atoms with Crippen LogP contribution in [-0.2, 0) is 6.54 Å². The number of nitrogens with zero attached hydrogens (tertiary/aromatic N) is 3. The van der Waals surface area contributed by atoms with Crippen molar-refractivity contribution in [2.45, 2.75) is 39.7 Å². The quantitative estimate of drug-likeness (QED) is 0.916. The number of thiophene rings is 1. The summed E-state index contributed by atoms with van der Waals surface area (Å²) in [5, 5.41) is 4.42. The fraction of sp³-hybridized carbons (Fsp3) is 0.625. The van der Waals surface area contributed by atoms with Crippen molar-refractivity contribution in [3.63, 3.8) is 0 Å². The van der Waals surface area contributed by atoms with Crippen LogP contribution in [-0.4, -0.2) is 35.5 Å². The lowest BCUT2D eigenvalue weighted by Crippen LogP contribution is -2.29. The number of rotatable bonds is 5. The molecule has 1 aliphatic carbocycles. The summed E-state index contributed by atoms with van der Waals surface area (Å²) in [6.45, 7) is 6.31. The molecule has 0 radical (unpaired) electrons. The normalized spacial score (nSPS) is 15.7. The molecule has 1 fully saturated rings. The molecule has 21 heavy (non-hydrogen) atoms. The van der Waals surface area contributed by atoms with Crippen LogP contribution in [0.5, 0.6) is 0 Å². The van der Waals surface area contributed by atoms with E-state index in [4.69, 9.17) is 9.97 Å². The SMILES string of the molecule is CNc1nc(CN(C)CC2CCC2)nc2sc(C)c(C)c12. The summed E-state index contributed by atoms with van der Waals surface area (Å²) in [5.41, 5.74) is 1.30. The molecule has 114 valence electrons. The summed E-state index contributed by atoms with van der Waals surface area (Å²) in [6.07, 6.45) is 4.17. The molecule has 0 aliphatic heterocycles. The van der Waals surface area contributed by atoms with Crippen LogP contribution in [0.15, 0.2) is 0 Å². The van der Waals surface area contributed by atoms with Gasteiger partial charge in [-0.25, -0.2) is 9.97 Å². The lowest BCUT2D eigenvalue weighted by atomic mass is 9.85. The third-order valence-electron chi connectivity index (χ3n) is 4.52. The van der Waals surface area contributed by atoms with Crippen LogP contribution >= 0.6 is 11.3 Å². The standard InChI is InChI=1S/C16H24N4S/c1-10-11(2)21-16-14(10)15(17-3)18-13(19-16)9-20(4)8-12-6-5-7-12/h12H,5-9H2,1-4H3,(H,17,18,19). The van der Waals surface area contributed by atoms with Crippen molar-refractivity contribution in [2.75, 3.05) is 26.0 Å². The van der Waals surface area contributed by atoms with Crippen LogP contribution in [0.3, 0.4) is 0 Å². The molecule has 2 aromatic heterocycles. The topological polar surface area (TPSA) is 41.1 Å². The summed E-state index contributed by atoms with van der Waals surface area (Å²) < 4.78 is 0. The zero-order valence-corrected chi connectivity index (χ0v) is 14.2. The van der Waals surface area contributed by atoms with Gasteiger partial charge in [0.05, 0.1) is 11.9 Å². The van der Waals surface area contributed by atoms with Gasteiger partial charge >= 0.3 is 0 Å². The fourth-order valence-corrected chi connectivity index (χ4v) is 4.02. The van der Waals surface area contributed by atoms with Gasteiger partial charge in [0.25, 0.3) is 0 Å². The molecule has 1 saturated carbocycles. The summed E-state index contributed by atoms with van der Waals surface area (Å²) in [6, 6.07) is 0. The number of aryl methyl sites for hydroxylation is 2. The van der Waals surface area contributed by atoms with Crippen molar-refractivity contribution < 1.29 is 0 Å². The highest BCUT2D eigenvalue weighted by atomic mass is 32.1. The van der Waals surface area contributed by atoms with Crippen molar-refractivity contribution in [2.24, 2.45) is 5.92 Å². The molecule has 1 aliphatic rings. The number of hydrogen-bond acceptors (Lipinski definition) is 5. The summed E-state index contributed by atoms with van der Waals surface area (Å²) in [5.74, 6) is 2.78. The summed E-state index contributed by atoms with van der Waals surface area (Å²) in [7, 11) is 4.12. The second-order valence-electron chi connectivity index (χ2n) is 6.20. The van der Waals surface area contributed by atoms with E-state index in [1.165, 1.54) is 41.6 Å². The van der Waals surface area contributed by atoms with Gasteiger partial charge in [0.1, 0.15) is 16.5 Å². The number of hydrogen-bond donors (Lipinski definition) is 1. The first-order valence-electron chi connectivity index (χ1n) is 7.71. The minimum absolute atomic E-state index is 0.830. The van der Waals surface area contributed by atoms with Gasteiger partial charge in [-0.1, -0.05) is 6.42 Å². The number of anilines is 1. The third-order valence-corrected chi connectivity index (χ3v) is 5.62. The molecule has 2 aromatic rings. The maximum absolute atomic E-state index is 4.78. The molecule has 5 heteroatoms. The Morgan fingerprint density at radius 1 is 1.29 bits per heavy atom. The lowest BCUT2D eigenvalue weighted by Gasteiger charge is -2.29. The number of nitrogens with one attached hydrogen (secondary N) is 1. The second kappa shape index (κ2) is 5.89. The van der Waals surface area contributed by atoms with Gasteiger partial charge in [-0.2, -0.15) is 0 Å². The van der Waals surface area contributed by atoms with E-state index in [2.05, 4.69) is 31.1 Å².